The summed E-state index contributed by atoms with van der Waals surface area (Å²) in [6.45, 7) is 5.72. The molecule has 0 unspecified atom stereocenters. The van der Waals surface area contributed by atoms with Gasteiger partial charge in [0.05, 0.1) is 24.3 Å². The molecule has 0 atom stereocenters. The molecule has 4 heteroatoms. The minimum absolute atomic E-state index is 0. The molecule has 4 nitrogen and oxygen atoms in total. The van der Waals surface area contributed by atoms with Gasteiger partial charge in [-0.2, -0.15) is 21.0 Å². The molecular formula is C9H16N4. The van der Waals surface area contributed by atoms with Gasteiger partial charge >= 0.3 is 0 Å². The molecular weight excluding hydrogens is 164 g/mol. The molecule has 0 saturated heterocycles. The predicted octanol–water partition coefficient (Wildman–Crippen LogP) is 2.76. The molecule has 0 heterocycles. The maximum atomic E-state index is 7.32. The zero-order valence-electron chi connectivity index (χ0n) is 7.79. The van der Waals surface area contributed by atoms with Crippen LogP contribution >= 0.6 is 0 Å². The van der Waals surface area contributed by atoms with Gasteiger partial charge in [0.1, 0.15) is 0 Å². The molecule has 0 saturated carbocycles. The Morgan fingerprint density at radius 3 is 0.538 bits per heavy atom. The van der Waals surface area contributed by atoms with Crippen LogP contribution in [0.5, 0.6) is 0 Å². The first-order valence-electron chi connectivity index (χ1n) is 2.89. The van der Waals surface area contributed by atoms with Crippen LogP contribution in [0.3, 0.4) is 0 Å². The summed E-state index contributed by atoms with van der Waals surface area (Å²) in [7, 11) is 0. The Morgan fingerprint density at radius 1 is 0.538 bits per heavy atom. The number of nitrogens with zero attached hydrogens (tertiary/aromatic N) is 4. The molecule has 0 fully saturated rings. The monoisotopic (exact) mass is 180 g/mol. The van der Waals surface area contributed by atoms with Gasteiger partial charge < -0.3 is 0 Å². The lowest BCUT2D eigenvalue weighted by Crippen LogP contribution is -1.10. The van der Waals surface area contributed by atoms with Crippen LogP contribution in [0.2, 0.25) is 0 Å². The molecule has 0 radical (unpaired) electrons. The second kappa shape index (κ2) is 208. The minimum atomic E-state index is 0. The van der Waals surface area contributed by atoms with Crippen LogP contribution in [0.15, 0.2) is 0 Å². The highest BCUT2D eigenvalue weighted by atomic mass is 14.2. The van der Waals surface area contributed by atoms with Crippen LogP contribution in [-0.2, 0) is 0 Å². The van der Waals surface area contributed by atoms with Crippen molar-refractivity contribution in [3.8, 4) is 24.3 Å². The average Bonchev–Trinajstić information content (AvgIpc) is 1.92. The van der Waals surface area contributed by atoms with Gasteiger partial charge in [-0.15, -0.1) is 0 Å². The number of hydrogen-bond acceptors (Lipinski definition) is 4. The van der Waals surface area contributed by atoms with Gasteiger partial charge in [0, 0.05) is 27.7 Å². The molecule has 0 aromatic rings. The minimum Gasteiger partial charge on any atom is -0.199 e. The molecule has 0 amide bonds. The third-order valence-electron chi connectivity index (χ3n) is 0. The molecule has 0 aliphatic carbocycles. The fraction of sp³-hybridized carbons (Fsp3) is 0.556. The maximum Gasteiger partial charge on any atom is 0.0587 e. The van der Waals surface area contributed by atoms with E-state index in [0.29, 0.717) is 0 Å². The van der Waals surface area contributed by atoms with Crippen LogP contribution in [0.25, 0.3) is 0 Å². The van der Waals surface area contributed by atoms with E-state index < -0.39 is 0 Å². The predicted molar refractivity (Wildman–Crippen MR) is 51.9 cm³/mol. The first kappa shape index (κ1) is 30.6. The van der Waals surface area contributed by atoms with Gasteiger partial charge in [0.2, 0.25) is 0 Å². The summed E-state index contributed by atoms with van der Waals surface area (Å²) in [4.78, 5) is 0. The zero-order chi connectivity index (χ0) is 10.8. The van der Waals surface area contributed by atoms with Crippen molar-refractivity contribution < 1.29 is 0 Å². The largest absolute Gasteiger partial charge is 0.199 e. The second-order valence-electron chi connectivity index (χ2n) is 0.894. The second-order valence-corrected chi connectivity index (χ2v) is 0.894. The quantitative estimate of drug-likeness (QED) is 0.572. The van der Waals surface area contributed by atoms with E-state index in [9.17, 15) is 0 Å². The van der Waals surface area contributed by atoms with Gasteiger partial charge in [-0.1, -0.05) is 7.43 Å². The van der Waals surface area contributed by atoms with Gasteiger partial charge in [-0.25, -0.2) is 0 Å². The van der Waals surface area contributed by atoms with Gasteiger partial charge in [-0.3, -0.25) is 0 Å². The fourth-order valence-corrected chi connectivity index (χ4v) is 0. The third kappa shape index (κ3) is 152. The fourth-order valence-electron chi connectivity index (χ4n) is 0. The lowest BCUT2D eigenvalue weighted by atomic mass is 11.0. The van der Waals surface area contributed by atoms with E-state index in [0.717, 1.165) is 0 Å². The summed E-state index contributed by atoms with van der Waals surface area (Å²) in [6.07, 6.45) is 0. The van der Waals surface area contributed by atoms with E-state index in [4.69, 9.17) is 21.0 Å². The van der Waals surface area contributed by atoms with Crippen LogP contribution in [-0.4, -0.2) is 0 Å². The molecule has 0 aliphatic rings. The van der Waals surface area contributed by atoms with Crippen molar-refractivity contribution in [2.75, 3.05) is 0 Å². The van der Waals surface area contributed by atoms with Crippen molar-refractivity contribution in [3.63, 3.8) is 0 Å². The Hall–Kier alpha value is -2.04. The van der Waals surface area contributed by atoms with E-state index in [1.807, 2.05) is 0 Å². The summed E-state index contributed by atoms with van der Waals surface area (Å²) in [5, 5.41) is 29.3. The van der Waals surface area contributed by atoms with Crippen molar-refractivity contribution in [1.82, 2.24) is 0 Å². The molecule has 0 aromatic carbocycles. The van der Waals surface area contributed by atoms with Crippen molar-refractivity contribution in [2.24, 2.45) is 0 Å². The zero-order valence-corrected chi connectivity index (χ0v) is 7.79. The average molecular weight is 180 g/mol. The van der Waals surface area contributed by atoms with Crippen LogP contribution in [0, 0.1) is 45.3 Å². The van der Waals surface area contributed by atoms with Crippen LogP contribution in [0.4, 0.5) is 0 Å². The molecule has 0 rings (SSSR count). The van der Waals surface area contributed by atoms with E-state index in [2.05, 4.69) is 0 Å². The van der Waals surface area contributed by atoms with Gasteiger partial charge in [0.15, 0.2) is 0 Å². The molecule has 0 aromatic heterocycles. The van der Waals surface area contributed by atoms with Gasteiger partial charge in [0.25, 0.3) is 0 Å². The van der Waals surface area contributed by atoms with Crippen molar-refractivity contribution >= 4 is 0 Å². The normalized spacial score (nSPS) is 2.46. The van der Waals surface area contributed by atoms with Crippen LogP contribution in [0.1, 0.15) is 35.1 Å². The number of rotatable bonds is 0. The molecule has 72 valence electrons. The van der Waals surface area contributed by atoms with E-state index in [1.165, 1.54) is 27.7 Å². The Morgan fingerprint density at radius 2 is 0.538 bits per heavy atom. The number of hydrogen-bond donors (Lipinski definition) is 0. The van der Waals surface area contributed by atoms with Crippen molar-refractivity contribution in [1.29, 1.82) is 21.0 Å². The summed E-state index contributed by atoms with van der Waals surface area (Å²) in [5.74, 6) is 0. The summed E-state index contributed by atoms with van der Waals surface area (Å²) in [5.41, 5.74) is 0. The first-order valence-corrected chi connectivity index (χ1v) is 2.89. The standard InChI is InChI=1S/4C2H3N.CH4/c4*1-2-3;/h4*1H3;1H4. The highest BCUT2D eigenvalue weighted by Crippen LogP contribution is 1.22. The molecule has 0 aliphatic heterocycles. The Kier molecular flexibility index (Phi) is 490. The lowest BCUT2D eigenvalue weighted by Gasteiger charge is -1.15. The van der Waals surface area contributed by atoms with Crippen molar-refractivity contribution in [2.45, 2.75) is 35.1 Å². The number of nitriles is 4. The first-order chi connectivity index (χ1) is 5.66. The van der Waals surface area contributed by atoms with Gasteiger partial charge in [-0.05, 0) is 0 Å². The van der Waals surface area contributed by atoms with E-state index in [1.54, 1.807) is 24.3 Å². The summed E-state index contributed by atoms with van der Waals surface area (Å²) in [6, 6.07) is 7.00. The Labute approximate surface area is 81.3 Å². The van der Waals surface area contributed by atoms with E-state index in [-0.39, 0.29) is 7.43 Å². The summed E-state index contributed by atoms with van der Waals surface area (Å²) >= 11 is 0. The molecule has 0 bridgehead atoms. The Bertz CT molecular complexity index is 146. The maximum absolute atomic E-state index is 7.32. The topological polar surface area (TPSA) is 95.2 Å². The highest BCUT2D eigenvalue weighted by molar-refractivity contribution is 4.51. The molecule has 13 heavy (non-hydrogen) atoms. The Balaban J connectivity index is -0.0000000213. The smallest absolute Gasteiger partial charge is 0.0587 e. The third-order valence-corrected chi connectivity index (χ3v) is 0. The van der Waals surface area contributed by atoms with E-state index >= 15 is 0 Å². The van der Waals surface area contributed by atoms with Crippen LogP contribution < -0.4 is 0 Å². The molecule has 0 spiro atoms. The lowest BCUT2D eigenvalue weighted by molar-refractivity contribution is 1.49. The molecule has 0 N–H and O–H groups in total. The summed E-state index contributed by atoms with van der Waals surface area (Å²) < 4.78 is 0. The SMILES string of the molecule is C.CC#N.CC#N.CC#N.CC#N. The van der Waals surface area contributed by atoms with Crippen molar-refractivity contribution in [3.05, 3.63) is 0 Å². The highest BCUT2D eigenvalue weighted by Gasteiger charge is 1.18.